The zero-order chi connectivity index (χ0) is 23.0. The van der Waals surface area contributed by atoms with Gasteiger partial charge in [-0.3, -0.25) is 9.79 Å². The highest BCUT2D eigenvalue weighted by Gasteiger charge is 2.45. The molecular weight excluding hydrogens is 440 g/mol. The number of aliphatic carboxylic acids is 1. The highest BCUT2D eigenvalue weighted by Crippen LogP contribution is 2.19. The number of guanidine groups is 1. The third-order valence-electron chi connectivity index (χ3n) is 4.88. The number of nitrogens with zero attached hydrogens (tertiary/aromatic N) is 2. The average molecular weight is 467 g/mol. The Balaban J connectivity index is 1.73. The van der Waals surface area contributed by atoms with Crippen molar-refractivity contribution in [2.24, 2.45) is 10.1 Å². The van der Waals surface area contributed by atoms with Crippen LogP contribution in [0.3, 0.4) is 0 Å². The van der Waals surface area contributed by atoms with Gasteiger partial charge in [0.2, 0.25) is 21.8 Å². The first-order chi connectivity index (χ1) is 15.3. The van der Waals surface area contributed by atoms with E-state index in [1.807, 2.05) is 0 Å². The van der Waals surface area contributed by atoms with Crippen molar-refractivity contribution in [3.05, 3.63) is 30.3 Å². The summed E-state index contributed by atoms with van der Waals surface area (Å²) in [7, 11) is -4.25. The zero-order valence-electron chi connectivity index (χ0n) is 17.3. The molecule has 2 atom stereocenters. The molecule has 0 fully saturated rings. The summed E-state index contributed by atoms with van der Waals surface area (Å²) < 4.78 is 28.0. The normalized spacial score (nSPS) is 19.4. The molecule has 13 heteroatoms. The van der Waals surface area contributed by atoms with Gasteiger partial charge in [-0.25, -0.2) is 13.2 Å². The highest BCUT2D eigenvalue weighted by molar-refractivity contribution is 7.89. The van der Waals surface area contributed by atoms with Gasteiger partial charge in [0.1, 0.15) is 0 Å². The van der Waals surface area contributed by atoms with E-state index in [2.05, 4.69) is 30.8 Å². The second-order valence-corrected chi connectivity index (χ2v) is 8.96. The zero-order valence-corrected chi connectivity index (χ0v) is 18.1. The number of benzene rings is 1. The number of carbonyl (C=O) groups excluding carboxylic acids is 1. The number of oxime groups is 1. The van der Waals surface area contributed by atoms with Gasteiger partial charge in [0.15, 0.2) is 5.96 Å². The fraction of sp³-hybridized carbons (Fsp3) is 0.474. The predicted octanol–water partition coefficient (Wildman–Crippen LogP) is -0.644. The van der Waals surface area contributed by atoms with Crippen LogP contribution in [0.25, 0.3) is 0 Å². The van der Waals surface area contributed by atoms with Crippen molar-refractivity contribution < 1.29 is 28.0 Å². The summed E-state index contributed by atoms with van der Waals surface area (Å²) in [6, 6.07) is 7.35. The van der Waals surface area contributed by atoms with Gasteiger partial charge in [-0.1, -0.05) is 23.4 Å². The molecule has 0 aromatic heterocycles. The third-order valence-corrected chi connectivity index (χ3v) is 6.39. The number of unbranched alkanes of at least 4 members (excludes halogenated alkanes) is 1. The highest BCUT2D eigenvalue weighted by atomic mass is 32.2. The van der Waals surface area contributed by atoms with E-state index >= 15 is 0 Å². The summed E-state index contributed by atoms with van der Waals surface area (Å²) in [4.78, 5) is 33.9. The number of aliphatic imine (C=N–C) groups is 1. The second-order valence-electron chi connectivity index (χ2n) is 7.28. The molecule has 12 nitrogen and oxygen atoms in total. The molecule has 0 saturated heterocycles. The van der Waals surface area contributed by atoms with E-state index < -0.39 is 33.7 Å². The molecule has 5 N–H and O–H groups in total. The number of hydrogen-bond donors (Lipinski definition) is 5. The van der Waals surface area contributed by atoms with Crippen LogP contribution in [0.5, 0.6) is 0 Å². The van der Waals surface area contributed by atoms with Crippen LogP contribution >= 0.6 is 0 Å². The van der Waals surface area contributed by atoms with E-state index in [9.17, 15) is 23.1 Å². The molecule has 2 aliphatic rings. The van der Waals surface area contributed by atoms with Crippen LogP contribution in [0.1, 0.15) is 25.7 Å². The number of sulfonamides is 1. The van der Waals surface area contributed by atoms with Crippen molar-refractivity contribution in [3.63, 3.8) is 0 Å². The summed E-state index contributed by atoms with van der Waals surface area (Å²) in [6.45, 7) is 1.94. The van der Waals surface area contributed by atoms with Crippen molar-refractivity contribution in [2.45, 2.75) is 42.3 Å². The molecular formula is C19H26N6O6S. The summed E-state index contributed by atoms with van der Waals surface area (Å²) in [5, 5.41) is 22.0. The molecule has 3 rings (SSSR count). The third kappa shape index (κ3) is 5.95. The van der Waals surface area contributed by atoms with E-state index in [1.165, 1.54) is 30.5 Å². The molecule has 2 heterocycles. The van der Waals surface area contributed by atoms with E-state index in [0.717, 1.165) is 6.54 Å². The fourth-order valence-electron chi connectivity index (χ4n) is 3.21. The second kappa shape index (κ2) is 10.4. The van der Waals surface area contributed by atoms with Gasteiger partial charge in [0.05, 0.1) is 11.4 Å². The lowest BCUT2D eigenvalue weighted by atomic mass is 10.0. The Labute approximate surface area is 185 Å². The molecule has 0 saturated carbocycles. The molecule has 1 amide bonds. The lowest BCUT2D eigenvalue weighted by molar-refractivity contribution is -0.151. The molecule has 0 spiro atoms. The van der Waals surface area contributed by atoms with E-state index in [4.69, 9.17) is 4.84 Å². The first kappa shape index (κ1) is 23.5. The quantitative estimate of drug-likeness (QED) is 0.212. The maximum Gasteiger partial charge on any atom is 0.345 e. The molecule has 32 heavy (non-hydrogen) atoms. The molecule has 174 valence electrons. The lowest BCUT2D eigenvalue weighted by Gasteiger charge is -2.32. The maximum absolute atomic E-state index is 12.9. The van der Waals surface area contributed by atoms with Crippen LogP contribution in [0.15, 0.2) is 45.4 Å². The molecule has 2 unspecified atom stereocenters. The minimum Gasteiger partial charge on any atom is -0.478 e. The molecule has 0 radical (unpaired) electrons. The van der Waals surface area contributed by atoms with E-state index in [0.29, 0.717) is 31.9 Å². The Morgan fingerprint density at radius 2 is 2.03 bits per heavy atom. The SMILES string of the molecule is O=C(NC(CCCCNC1=NCCN1)(NS(=O)(=O)c1ccccc1)C(=O)O)C1CC=NO1. The summed E-state index contributed by atoms with van der Waals surface area (Å²) >= 11 is 0. The van der Waals surface area contributed by atoms with Gasteiger partial charge in [0.25, 0.3) is 5.91 Å². The largest absolute Gasteiger partial charge is 0.478 e. The maximum atomic E-state index is 12.9. The Hall–Kier alpha value is -3.19. The van der Waals surface area contributed by atoms with Crippen molar-refractivity contribution in [1.82, 2.24) is 20.7 Å². The fourth-order valence-corrected chi connectivity index (χ4v) is 4.55. The average Bonchev–Trinajstić information content (AvgIpc) is 3.48. The topological polar surface area (TPSA) is 171 Å². The Morgan fingerprint density at radius 3 is 2.66 bits per heavy atom. The van der Waals surface area contributed by atoms with Gasteiger partial charge in [0, 0.05) is 25.7 Å². The van der Waals surface area contributed by atoms with Gasteiger partial charge < -0.3 is 25.9 Å². The summed E-state index contributed by atoms with van der Waals surface area (Å²) in [6.07, 6.45) is 1.14. The van der Waals surface area contributed by atoms with Gasteiger partial charge in [-0.15, -0.1) is 0 Å². The minimum atomic E-state index is -4.25. The Kier molecular flexibility index (Phi) is 7.64. The first-order valence-corrected chi connectivity index (χ1v) is 11.6. The Morgan fingerprint density at radius 1 is 1.25 bits per heavy atom. The smallest absolute Gasteiger partial charge is 0.345 e. The van der Waals surface area contributed by atoms with Crippen molar-refractivity contribution in [3.8, 4) is 0 Å². The standard InChI is InChI=1S/C19H26N6O6S/c26-16(15-8-11-23-31-15)24-19(17(27)28,9-4-5-10-20-18-21-12-13-22-18)25-32(29,30)14-6-2-1-3-7-14/h1-3,6-7,11,15,25H,4-5,8-10,12-13H2,(H,24,26)(H,27,28)(H2,20,21,22). The van der Waals surface area contributed by atoms with E-state index in [-0.39, 0.29) is 17.7 Å². The number of carboxylic acid groups (broad SMARTS) is 1. The Bertz CT molecular complexity index is 975. The van der Waals surface area contributed by atoms with Crippen LogP contribution in [0.4, 0.5) is 0 Å². The van der Waals surface area contributed by atoms with Gasteiger partial charge >= 0.3 is 5.97 Å². The number of hydrogen-bond acceptors (Lipinski definition) is 9. The number of carboxylic acids is 1. The van der Waals surface area contributed by atoms with Crippen LogP contribution in [-0.4, -0.2) is 69.0 Å². The number of carbonyl (C=O) groups is 2. The molecule has 1 aromatic rings. The predicted molar refractivity (Wildman–Crippen MR) is 115 cm³/mol. The monoisotopic (exact) mass is 466 g/mol. The first-order valence-electron chi connectivity index (χ1n) is 10.2. The lowest BCUT2D eigenvalue weighted by Crippen LogP contribution is -2.66. The minimum absolute atomic E-state index is 0.118. The number of amides is 1. The molecule has 1 aromatic carbocycles. The van der Waals surface area contributed by atoms with Crippen LogP contribution in [-0.2, 0) is 24.4 Å². The molecule has 2 aliphatic heterocycles. The number of rotatable bonds is 11. The van der Waals surface area contributed by atoms with Gasteiger partial charge in [-0.05, 0) is 31.4 Å². The van der Waals surface area contributed by atoms with Crippen molar-refractivity contribution >= 4 is 34.1 Å². The summed E-state index contributed by atoms with van der Waals surface area (Å²) in [5.74, 6) is -1.63. The van der Waals surface area contributed by atoms with Crippen LogP contribution in [0.2, 0.25) is 0 Å². The van der Waals surface area contributed by atoms with Crippen LogP contribution in [0, 0.1) is 0 Å². The molecule has 0 bridgehead atoms. The number of nitrogens with one attached hydrogen (secondary N) is 4. The van der Waals surface area contributed by atoms with Crippen molar-refractivity contribution in [1.29, 1.82) is 0 Å². The van der Waals surface area contributed by atoms with E-state index in [1.54, 1.807) is 6.07 Å². The van der Waals surface area contributed by atoms with Gasteiger partial charge in [-0.2, -0.15) is 4.72 Å². The summed E-state index contributed by atoms with van der Waals surface area (Å²) in [5.41, 5.74) is -2.26. The molecule has 0 aliphatic carbocycles. The van der Waals surface area contributed by atoms with Crippen molar-refractivity contribution in [2.75, 3.05) is 19.6 Å². The van der Waals surface area contributed by atoms with Crippen LogP contribution < -0.4 is 20.7 Å².